The smallest absolute Gasteiger partial charge is 0.285 e. The zero-order valence-electron chi connectivity index (χ0n) is 12.0. The molecule has 0 unspecified atom stereocenters. The van der Waals surface area contributed by atoms with Crippen molar-refractivity contribution in [3.8, 4) is 10.6 Å². The molecular weight excluding hydrogens is 326 g/mol. The van der Waals surface area contributed by atoms with E-state index >= 15 is 4.32 Å². The molecule has 5 rings (SSSR count). The Kier molecular flexibility index (Phi) is 2.84. The molecule has 6 heteroatoms. The van der Waals surface area contributed by atoms with Crippen LogP contribution in [0.5, 0.6) is 0 Å². The van der Waals surface area contributed by atoms with Crippen molar-refractivity contribution in [1.29, 1.82) is 0 Å². The molecule has 110 valence electrons. The van der Waals surface area contributed by atoms with E-state index in [1.54, 1.807) is 31.6 Å². The van der Waals surface area contributed by atoms with Crippen LogP contribution >= 0.6 is 22.7 Å². The molecule has 0 atom stereocenters. The SMILES string of the molecule is FB1n2c(ccc2-c2cccs2)C=C2C=CC(c3cccs3)=[N+]12. The van der Waals surface area contributed by atoms with Gasteiger partial charge in [-0.05, 0) is 35.0 Å². The van der Waals surface area contributed by atoms with Gasteiger partial charge in [0.05, 0.1) is 10.6 Å². The number of thiophene rings is 2. The average Bonchev–Trinajstić information content (AvgIpc) is 3.33. The second-order valence-corrected chi connectivity index (χ2v) is 7.33. The summed E-state index contributed by atoms with van der Waals surface area (Å²) in [4.78, 5) is 2.17. The van der Waals surface area contributed by atoms with Gasteiger partial charge < -0.3 is 0 Å². The zero-order chi connectivity index (χ0) is 15.4. The van der Waals surface area contributed by atoms with Crippen molar-refractivity contribution in [3.63, 3.8) is 0 Å². The Morgan fingerprint density at radius 1 is 0.957 bits per heavy atom. The van der Waals surface area contributed by atoms with Crippen LogP contribution < -0.4 is 0 Å². The summed E-state index contributed by atoms with van der Waals surface area (Å²) in [6.45, 7) is 0. The molecule has 5 heterocycles. The van der Waals surface area contributed by atoms with Gasteiger partial charge in [-0.1, -0.05) is 12.1 Å². The maximum atomic E-state index is 15.5. The van der Waals surface area contributed by atoms with Crippen LogP contribution in [-0.4, -0.2) is 21.9 Å². The van der Waals surface area contributed by atoms with Crippen molar-refractivity contribution < 1.29 is 8.80 Å². The number of rotatable bonds is 2. The van der Waals surface area contributed by atoms with E-state index in [0.717, 1.165) is 32.6 Å². The molecule has 0 bridgehead atoms. The van der Waals surface area contributed by atoms with Crippen LogP contribution in [0.1, 0.15) is 10.6 Å². The molecule has 0 spiro atoms. The van der Waals surface area contributed by atoms with Gasteiger partial charge in [-0.2, -0.15) is 0 Å². The number of nitrogens with zero attached hydrogens (tertiary/aromatic N) is 2. The molecule has 2 aliphatic heterocycles. The molecule has 0 aromatic carbocycles. The minimum absolute atomic E-state index is 0.907. The Hall–Kier alpha value is -2.18. The van der Waals surface area contributed by atoms with E-state index in [1.807, 2.05) is 65.4 Å². The van der Waals surface area contributed by atoms with Gasteiger partial charge in [0, 0.05) is 28.8 Å². The highest BCUT2D eigenvalue weighted by molar-refractivity contribution is 7.13. The highest BCUT2D eigenvalue weighted by atomic mass is 32.1. The Bertz CT molecular complexity index is 978. The molecule has 3 aromatic rings. The minimum atomic E-state index is -1.23. The third kappa shape index (κ3) is 1.88. The standard InChI is InChI=1S/C17H11BFN2S2/c19-18-20-12(5-7-14(20)16-3-1-9-22-16)11-13-6-8-15(21(13)18)17-4-2-10-23-17/h1-11H/q+1. The van der Waals surface area contributed by atoms with Gasteiger partial charge in [0.25, 0.3) is 0 Å². The molecule has 23 heavy (non-hydrogen) atoms. The second kappa shape index (κ2) is 4.91. The number of hydrogen-bond donors (Lipinski definition) is 0. The first-order valence-corrected chi connectivity index (χ1v) is 9.08. The van der Waals surface area contributed by atoms with Crippen LogP contribution in [0.3, 0.4) is 0 Å². The summed E-state index contributed by atoms with van der Waals surface area (Å²) in [5.41, 5.74) is 3.67. The van der Waals surface area contributed by atoms with Gasteiger partial charge in [-0.25, -0.2) is 8.80 Å². The highest BCUT2D eigenvalue weighted by Crippen LogP contribution is 2.33. The largest absolute Gasteiger partial charge is 0.846 e. The molecule has 2 aliphatic rings. The van der Waals surface area contributed by atoms with Crippen LogP contribution in [0.25, 0.3) is 16.6 Å². The van der Waals surface area contributed by atoms with Crippen LogP contribution in [0.4, 0.5) is 4.32 Å². The van der Waals surface area contributed by atoms with Crippen molar-refractivity contribution >= 4 is 41.7 Å². The normalized spacial score (nSPS) is 15.9. The molecule has 0 fully saturated rings. The van der Waals surface area contributed by atoms with E-state index in [4.69, 9.17) is 0 Å². The van der Waals surface area contributed by atoms with Crippen LogP contribution in [0.2, 0.25) is 0 Å². The maximum Gasteiger partial charge on any atom is 0.846 e. The summed E-state index contributed by atoms with van der Waals surface area (Å²) in [5, 5.41) is 4.04. The summed E-state index contributed by atoms with van der Waals surface area (Å²) in [6.07, 6.45) is 6.04. The fourth-order valence-corrected chi connectivity index (χ4v) is 4.65. The first-order chi connectivity index (χ1) is 11.3. The Balaban J connectivity index is 1.72. The predicted molar refractivity (Wildman–Crippen MR) is 95.8 cm³/mol. The minimum Gasteiger partial charge on any atom is -0.285 e. The summed E-state index contributed by atoms with van der Waals surface area (Å²) in [5.74, 6) is 0. The van der Waals surface area contributed by atoms with Crippen molar-refractivity contribution in [3.05, 3.63) is 75.6 Å². The van der Waals surface area contributed by atoms with E-state index in [0.29, 0.717) is 0 Å². The van der Waals surface area contributed by atoms with Gasteiger partial charge >= 0.3 is 7.26 Å². The van der Waals surface area contributed by atoms with Crippen LogP contribution in [0, 0.1) is 0 Å². The number of aromatic nitrogens is 1. The summed E-state index contributed by atoms with van der Waals surface area (Å²) < 4.78 is 19.0. The van der Waals surface area contributed by atoms with E-state index in [-0.39, 0.29) is 0 Å². The fourth-order valence-electron chi connectivity index (χ4n) is 3.16. The number of allylic oxidation sites excluding steroid dienone is 2. The van der Waals surface area contributed by atoms with Gasteiger partial charge in [0.1, 0.15) is 0 Å². The molecule has 0 saturated carbocycles. The summed E-state index contributed by atoms with van der Waals surface area (Å²) >= 11 is 3.26. The third-order valence-corrected chi connectivity index (χ3v) is 5.95. The molecular formula is C17H11BFN2S2+. The summed E-state index contributed by atoms with van der Waals surface area (Å²) in [7, 11) is -1.23. The molecule has 3 aromatic heterocycles. The van der Waals surface area contributed by atoms with Crippen LogP contribution in [-0.2, 0) is 0 Å². The van der Waals surface area contributed by atoms with Crippen molar-refractivity contribution in [2.45, 2.75) is 0 Å². The topological polar surface area (TPSA) is 7.94 Å². The Morgan fingerprint density at radius 3 is 2.48 bits per heavy atom. The van der Waals surface area contributed by atoms with Crippen LogP contribution in [0.15, 0.2) is 65.0 Å². The van der Waals surface area contributed by atoms with Gasteiger partial charge in [0.15, 0.2) is 5.70 Å². The number of fused-ring (bicyclic) bond motifs is 2. The van der Waals surface area contributed by atoms with E-state index < -0.39 is 7.26 Å². The fraction of sp³-hybridized carbons (Fsp3) is 0. The first kappa shape index (κ1) is 13.3. The van der Waals surface area contributed by atoms with Crippen molar-refractivity contribution in [2.75, 3.05) is 0 Å². The lowest BCUT2D eigenvalue weighted by Gasteiger charge is -2.14. The summed E-state index contributed by atoms with van der Waals surface area (Å²) in [6, 6.07) is 12.1. The van der Waals surface area contributed by atoms with E-state index in [9.17, 15) is 0 Å². The Labute approximate surface area is 141 Å². The molecule has 0 radical (unpaired) electrons. The molecule has 0 saturated heterocycles. The van der Waals surface area contributed by atoms with Crippen molar-refractivity contribution in [1.82, 2.24) is 4.48 Å². The monoisotopic (exact) mass is 337 g/mol. The van der Waals surface area contributed by atoms with Crippen molar-refractivity contribution in [2.24, 2.45) is 0 Å². The molecule has 0 aliphatic carbocycles. The lowest BCUT2D eigenvalue weighted by Crippen LogP contribution is -2.39. The first-order valence-electron chi connectivity index (χ1n) is 7.32. The molecule has 2 nitrogen and oxygen atoms in total. The van der Waals surface area contributed by atoms with Gasteiger partial charge in [0.2, 0.25) is 5.71 Å². The third-order valence-electron chi connectivity index (χ3n) is 4.17. The lowest BCUT2D eigenvalue weighted by atomic mass is 9.97. The predicted octanol–water partition coefficient (Wildman–Crippen LogP) is 4.51. The lowest BCUT2D eigenvalue weighted by molar-refractivity contribution is -0.333. The maximum absolute atomic E-state index is 15.5. The van der Waals surface area contributed by atoms with E-state index in [2.05, 4.69) is 0 Å². The average molecular weight is 337 g/mol. The zero-order valence-corrected chi connectivity index (χ0v) is 13.7. The highest BCUT2D eigenvalue weighted by Gasteiger charge is 2.48. The molecule has 0 amide bonds. The van der Waals surface area contributed by atoms with E-state index in [1.165, 1.54) is 0 Å². The van der Waals surface area contributed by atoms with Gasteiger partial charge in [-0.15, -0.1) is 22.7 Å². The second-order valence-electron chi connectivity index (χ2n) is 5.44. The van der Waals surface area contributed by atoms with Gasteiger partial charge in [-0.3, -0.25) is 4.48 Å². The Morgan fingerprint density at radius 2 is 1.74 bits per heavy atom. The quantitative estimate of drug-likeness (QED) is 0.608. The number of hydrogen-bond acceptors (Lipinski definition) is 2. The number of halogens is 1. The molecule has 0 N–H and O–H groups in total.